The van der Waals surface area contributed by atoms with Gasteiger partial charge in [0.25, 0.3) is 0 Å². The van der Waals surface area contributed by atoms with Crippen LogP contribution in [0.4, 0.5) is 0 Å². The predicted molar refractivity (Wildman–Crippen MR) is 108 cm³/mol. The van der Waals surface area contributed by atoms with Crippen molar-refractivity contribution < 1.29 is 61.9 Å². The lowest BCUT2D eigenvalue weighted by molar-refractivity contribution is -0.297. The summed E-state index contributed by atoms with van der Waals surface area (Å²) in [5, 5.41) is 0. The molecule has 0 N–H and O–H groups in total. The van der Waals surface area contributed by atoms with Crippen LogP contribution in [0, 0.1) is 0 Å². The van der Waals surface area contributed by atoms with Crippen molar-refractivity contribution in [3.05, 3.63) is 11.8 Å². The van der Waals surface area contributed by atoms with Gasteiger partial charge in [0.2, 0.25) is 12.4 Å². The second-order valence-corrected chi connectivity index (χ2v) is 7.18. The van der Waals surface area contributed by atoms with Gasteiger partial charge in [0, 0.05) is 34.6 Å². The van der Waals surface area contributed by atoms with Crippen molar-refractivity contribution in [3.8, 4) is 0 Å². The van der Waals surface area contributed by atoms with E-state index in [-0.39, 0.29) is 5.57 Å². The van der Waals surface area contributed by atoms with Crippen LogP contribution in [0.2, 0.25) is 0 Å². The van der Waals surface area contributed by atoms with E-state index in [2.05, 4.69) is 0 Å². The molecule has 190 valence electrons. The standard InChI is InChI=1S/C21H28O13/c1-10(22)16(7-28-11(2)23)8-30-21-20(33-15(6)27)19(32-14(5)26)18(31-13(4)25)17(34-21)9-29-12(3)24/h8,17-21H,7,9H2,1-6H3/b16-8+/t17-,18-,19+,20-,21-/m1/s1. The maximum atomic E-state index is 11.9. The summed E-state index contributed by atoms with van der Waals surface area (Å²) >= 11 is 0. The Hall–Kier alpha value is -3.48. The fraction of sp³-hybridized carbons (Fsp3) is 0.619. The summed E-state index contributed by atoms with van der Waals surface area (Å²) in [7, 11) is 0. The van der Waals surface area contributed by atoms with Gasteiger partial charge in [0.15, 0.2) is 18.0 Å². The number of carbonyl (C=O) groups excluding carboxylic acids is 6. The topological polar surface area (TPSA) is 167 Å². The number of carbonyl (C=O) groups is 6. The monoisotopic (exact) mass is 488 g/mol. The molecule has 0 aromatic rings. The summed E-state index contributed by atoms with van der Waals surface area (Å²) in [4.78, 5) is 69.5. The van der Waals surface area contributed by atoms with E-state index in [1.807, 2.05) is 0 Å². The average molecular weight is 488 g/mol. The zero-order valence-electron chi connectivity index (χ0n) is 19.7. The van der Waals surface area contributed by atoms with Crippen molar-refractivity contribution in [2.24, 2.45) is 0 Å². The fourth-order valence-corrected chi connectivity index (χ4v) is 2.85. The molecule has 34 heavy (non-hydrogen) atoms. The Labute approximate surface area is 195 Å². The van der Waals surface area contributed by atoms with E-state index in [9.17, 15) is 28.8 Å². The zero-order valence-corrected chi connectivity index (χ0v) is 19.7. The van der Waals surface area contributed by atoms with Crippen LogP contribution in [0.5, 0.6) is 0 Å². The molecular formula is C21H28O13. The van der Waals surface area contributed by atoms with Crippen LogP contribution in [0.25, 0.3) is 0 Å². The predicted octanol–water partition coefficient (Wildman–Crippen LogP) is 0.122. The van der Waals surface area contributed by atoms with Crippen LogP contribution < -0.4 is 0 Å². The van der Waals surface area contributed by atoms with Crippen molar-refractivity contribution in [3.63, 3.8) is 0 Å². The van der Waals surface area contributed by atoms with Crippen molar-refractivity contribution in [1.29, 1.82) is 0 Å². The minimum absolute atomic E-state index is 0.0666. The summed E-state index contributed by atoms with van der Waals surface area (Å²) in [6, 6.07) is 0. The maximum absolute atomic E-state index is 11.9. The van der Waals surface area contributed by atoms with E-state index < -0.39 is 79.5 Å². The van der Waals surface area contributed by atoms with E-state index in [1.54, 1.807) is 0 Å². The molecule has 13 nitrogen and oxygen atoms in total. The molecule has 0 aliphatic carbocycles. The third-order valence-electron chi connectivity index (χ3n) is 4.18. The molecule has 0 aromatic heterocycles. The van der Waals surface area contributed by atoms with Crippen LogP contribution in [-0.4, -0.2) is 79.5 Å². The van der Waals surface area contributed by atoms with E-state index in [1.165, 1.54) is 6.92 Å². The van der Waals surface area contributed by atoms with Gasteiger partial charge in [-0.15, -0.1) is 0 Å². The second kappa shape index (κ2) is 13.3. The van der Waals surface area contributed by atoms with Crippen LogP contribution in [0.1, 0.15) is 41.5 Å². The van der Waals surface area contributed by atoms with Gasteiger partial charge >= 0.3 is 29.8 Å². The summed E-state index contributed by atoms with van der Waals surface area (Å²) in [5.74, 6) is -4.20. The molecule has 0 aromatic carbocycles. The van der Waals surface area contributed by atoms with E-state index in [4.69, 9.17) is 33.2 Å². The first-order valence-corrected chi connectivity index (χ1v) is 10.1. The Balaban J connectivity index is 3.39. The highest BCUT2D eigenvalue weighted by molar-refractivity contribution is 5.93. The number of rotatable bonds is 10. The number of hydrogen-bond donors (Lipinski definition) is 0. The number of hydrogen-bond acceptors (Lipinski definition) is 13. The Morgan fingerprint density at radius 3 is 1.65 bits per heavy atom. The highest BCUT2D eigenvalue weighted by atomic mass is 16.7. The van der Waals surface area contributed by atoms with Crippen molar-refractivity contribution in [2.75, 3.05) is 13.2 Å². The first kappa shape index (κ1) is 28.6. The number of ether oxygens (including phenoxy) is 7. The number of esters is 5. The SMILES string of the molecule is CC(=O)OC/C(=C\O[C@@H]1O[C@H](COC(C)=O)[C@@H](OC(C)=O)[C@H](OC(C)=O)[C@H]1OC(C)=O)C(C)=O. The molecule has 1 aliphatic rings. The summed E-state index contributed by atoms with van der Waals surface area (Å²) in [6.07, 6.45) is -6.01. The molecule has 5 atom stereocenters. The molecule has 1 fully saturated rings. The van der Waals surface area contributed by atoms with Crippen LogP contribution in [-0.2, 0) is 61.9 Å². The summed E-state index contributed by atoms with van der Waals surface area (Å²) in [5.41, 5.74) is -0.0666. The van der Waals surface area contributed by atoms with Crippen molar-refractivity contribution in [2.45, 2.75) is 72.2 Å². The third kappa shape index (κ3) is 9.57. The molecule has 13 heteroatoms. The van der Waals surface area contributed by atoms with Gasteiger partial charge in [0.05, 0.1) is 11.8 Å². The zero-order chi connectivity index (χ0) is 26.0. The van der Waals surface area contributed by atoms with E-state index in [0.717, 1.165) is 40.9 Å². The summed E-state index contributed by atoms with van der Waals surface area (Å²) in [6.45, 7) is 5.89. The van der Waals surface area contributed by atoms with E-state index in [0.29, 0.717) is 0 Å². The minimum atomic E-state index is -1.51. The molecule has 0 bridgehead atoms. The largest absolute Gasteiger partial charge is 0.468 e. The quantitative estimate of drug-likeness (QED) is 0.176. The second-order valence-electron chi connectivity index (χ2n) is 7.18. The van der Waals surface area contributed by atoms with Gasteiger partial charge in [0.1, 0.15) is 19.3 Å². The van der Waals surface area contributed by atoms with Crippen LogP contribution in [0.3, 0.4) is 0 Å². The maximum Gasteiger partial charge on any atom is 0.303 e. The Bertz CT molecular complexity index is 831. The van der Waals surface area contributed by atoms with E-state index >= 15 is 0 Å². The molecule has 1 saturated heterocycles. The third-order valence-corrected chi connectivity index (χ3v) is 4.18. The number of ketones is 1. The molecule has 0 spiro atoms. The normalized spacial score (nSPS) is 24.3. The summed E-state index contributed by atoms with van der Waals surface area (Å²) < 4.78 is 36.7. The highest BCUT2D eigenvalue weighted by Crippen LogP contribution is 2.30. The van der Waals surface area contributed by atoms with Crippen molar-refractivity contribution >= 4 is 35.6 Å². The molecule has 0 unspecified atom stereocenters. The van der Waals surface area contributed by atoms with Gasteiger partial charge in [-0.1, -0.05) is 0 Å². The first-order chi connectivity index (χ1) is 15.8. The molecule has 0 amide bonds. The molecule has 1 heterocycles. The van der Waals surface area contributed by atoms with Gasteiger partial charge in [-0.05, 0) is 6.92 Å². The van der Waals surface area contributed by atoms with Gasteiger partial charge < -0.3 is 33.2 Å². The lowest BCUT2D eigenvalue weighted by Crippen LogP contribution is -2.62. The van der Waals surface area contributed by atoms with Gasteiger partial charge in [-0.3, -0.25) is 28.8 Å². The lowest BCUT2D eigenvalue weighted by Gasteiger charge is -2.43. The molecule has 1 rings (SSSR count). The lowest BCUT2D eigenvalue weighted by atomic mass is 9.98. The highest BCUT2D eigenvalue weighted by Gasteiger charge is 2.53. The molecular weight excluding hydrogens is 460 g/mol. The van der Waals surface area contributed by atoms with Crippen LogP contribution in [0.15, 0.2) is 11.8 Å². The smallest absolute Gasteiger partial charge is 0.303 e. The number of Topliss-reactive ketones (excluding diaryl/α,β-unsaturated/α-hetero) is 1. The minimum Gasteiger partial charge on any atom is -0.468 e. The Morgan fingerprint density at radius 2 is 1.18 bits per heavy atom. The fourth-order valence-electron chi connectivity index (χ4n) is 2.85. The Kier molecular flexibility index (Phi) is 11.2. The molecule has 0 saturated carbocycles. The van der Waals surface area contributed by atoms with Gasteiger partial charge in [-0.25, -0.2) is 0 Å². The van der Waals surface area contributed by atoms with Gasteiger partial charge in [-0.2, -0.15) is 0 Å². The van der Waals surface area contributed by atoms with Crippen LogP contribution >= 0.6 is 0 Å². The first-order valence-electron chi connectivity index (χ1n) is 10.1. The average Bonchev–Trinajstić information content (AvgIpc) is 2.68. The molecule has 1 aliphatic heterocycles. The van der Waals surface area contributed by atoms with Crippen molar-refractivity contribution in [1.82, 2.24) is 0 Å². The molecule has 0 radical (unpaired) electrons. The Morgan fingerprint density at radius 1 is 0.676 bits per heavy atom.